The van der Waals surface area contributed by atoms with E-state index >= 15 is 0 Å². The van der Waals surface area contributed by atoms with Gasteiger partial charge in [-0.2, -0.15) is 0 Å². The van der Waals surface area contributed by atoms with Crippen molar-refractivity contribution in [1.82, 2.24) is 10.2 Å². The normalized spacial score (nSPS) is 23.6. The zero-order valence-corrected chi connectivity index (χ0v) is 13.5. The number of aryl methyl sites for hydroxylation is 1. The summed E-state index contributed by atoms with van der Waals surface area (Å²) in [5.74, 6) is 0.777. The molecule has 1 aromatic rings. The minimum atomic E-state index is 0.693. The van der Waals surface area contributed by atoms with Crippen molar-refractivity contribution in [3.8, 4) is 0 Å². The first-order chi connectivity index (χ1) is 9.60. The van der Waals surface area contributed by atoms with Crippen molar-refractivity contribution in [3.63, 3.8) is 0 Å². The third kappa shape index (κ3) is 4.07. The monoisotopic (exact) mass is 274 g/mol. The summed E-state index contributed by atoms with van der Waals surface area (Å²) in [5, 5.41) is 3.70. The van der Waals surface area contributed by atoms with Crippen LogP contribution in [-0.4, -0.2) is 37.1 Å². The summed E-state index contributed by atoms with van der Waals surface area (Å²) >= 11 is 0. The van der Waals surface area contributed by atoms with E-state index in [0.717, 1.165) is 25.0 Å². The Labute approximate surface area is 124 Å². The highest BCUT2D eigenvalue weighted by Gasteiger charge is 2.29. The van der Waals surface area contributed by atoms with E-state index in [9.17, 15) is 0 Å². The largest absolute Gasteiger partial charge is 0.313 e. The van der Waals surface area contributed by atoms with Gasteiger partial charge in [0.2, 0.25) is 0 Å². The molecule has 0 radical (unpaired) electrons. The van der Waals surface area contributed by atoms with Gasteiger partial charge < -0.3 is 10.2 Å². The highest BCUT2D eigenvalue weighted by atomic mass is 15.1. The van der Waals surface area contributed by atoms with Gasteiger partial charge in [0.25, 0.3) is 0 Å². The van der Waals surface area contributed by atoms with Crippen molar-refractivity contribution in [3.05, 3.63) is 35.4 Å². The van der Waals surface area contributed by atoms with Crippen LogP contribution in [0, 0.1) is 6.92 Å². The van der Waals surface area contributed by atoms with Gasteiger partial charge in [-0.15, -0.1) is 0 Å². The topological polar surface area (TPSA) is 15.3 Å². The molecule has 1 aliphatic carbocycles. The van der Waals surface area contributed by atoms with Crippen molar-refractivity contribution >= 4 is 0 Å². The first kappa shape index (κ1) is 15.5. The lowest BCUT2D eigenvalue weighted by molar-refractivity contribution is 0.230. The molecule has 0 bridgehead atoms. The number of hydrogen-bond donors (Lipinski definition) is 1. The molecule has 2 rings (SSSR count). The first-order valence-corrected chi connectivity index (χ1v) is 8.10. The minimum Gasteiger partial charge on any atom is -0.313 e. The summed E-state index contributed by atoms with van der Waals surface area (Å²) in [6.07, 6.45) is 3.84. The second-order valence-electron chi connectivity index (χ2n) is 6.47. The van der Waals surface area contributed by atoms with Crippen LogP contribution in [0.2, 0.25) is 0 Å². The molecular weight excluding hydrogens is 244 g/mol. The molecule has 1 fully saturated rings. The van der Waals surface area contributed by atoms with Gasteiger partial charge in [0.05, 0.1) is 0 Å². The molecular formula is C18H30N2. The second kappa shape index (κ2) is 7.24. The summed E-state index contributed by atoms with van der Waals surface area (Å²) in [6, 6.07) is 10.4. The van der Waals surface area contributed by atoms with Crippen LogP contribution < -0.4 is 5.32 Å². The van der Waals surface area contributed by atoms with E-state index in [4.69, 9.17) is 0 Å². The van der Waals surface area contributed by atoms with Gasteiger partial charge in [-0.05, 0) is 51.6 Å². The zero-order valence-electron chi connectivity index (χ0n) is 13.5. The van der Waals surface area contributed by atoms with Gasteiger partial charge in [0.1, 0.15) is 0 Å². The molecule has 1 unspecified atom stereocenters. The predicted molar refractivity (Wildman–Crippen MR) is 87.3 cm³/mol. The molecule has 1 N–H and O–H groups in total. The molecule has 2 heteroatoms. The molecule has 0 amide bonds. The average Bonchev–Trinajstić information content (AvgIpc) is 2.40. The SMILES string of the molecule is CCC(C)N(C)CCNC1CC(c2cccc(C)c2)C1. The van der Waals surface area contributed by atoms with E-state index in [1.807, 2.05) is 0 Å². The zero-order chi connectivity index (χ0) is 14.5. The number of nitrogens with one attached hydrogen (secondary N) is 1. The molecule has 1 atom stereocenters. The van der Waals surface area contributed by atoms with Crippen LogP contribution in [0.15, 0.2) is 24.3 Å². The molecule has 1 aliphatic rings. The molecule has 0 aliphatic heterocycles. The van der Waals surface area contributed by atoms with E-state index in [2.05, 4.69) is 62.3 Å². The van der Waals surface area contributed by atoms with Gasteiger partial charge in [-0.25, -0.2) is 0 Å². The lowest BCUT2D eigenvalue weighted by Crippen LogP contribution is -2.44. The quantitative estimate of drug-likeness (QED) is 0.818. The molecule has 2 nitrogen and oxygen atoms in total. The van der Waals surface area contributed by atoms with Crippen LogP contribution in [0.4, 0.5) is 0 Å². The van der Waals surface area contributed by atoms with Crippen molar-refractivity contribution < 1.29 is 0 Å². The van der Waals surface area contributed by atoms with Gasteiger partial charge in [0, 0.05) is 25.2 Å². The Morgan fingerprint density at radius 3 is 2.75 bits per heavy atom. The molecule has 0 heterocycles. The van der Waals surface area contributed by atoms with E-state index in [1.54, 1.807) is 0 Å². The van der Waals surface area contributed by atoms with Gasteiger partial charge in [0.15, 0.2) is 0 Å². The number of rotatable bonds is 7. The Morgan fingerprint density at radius 1 is 1.35 bits per heavy atom. The summed E-state index contributed by atoms with van der Waals surface area (Å²) in [4.78, 5) is 2.45. The Morgan fingerprint density at radius 2 is 2.10 bits per heavy atom. The molecule has 1 saturated carbocycles. The van der Waals surface area contributed by atoms with Crippen LogP contribution in [0.3, 0.4) is 0 Å². The molecule has 20 heavy (non-hydrogen) atoms. The van der Waals surface area contributed by atoms with Crippen LogP contribution in [0.1, 0.15) is 50.2 Å². The van der Waals surface area contributed by atoms with Crippen LogP contribution in [0.5, 0.6) is 0 Å². The predicted octanol–water partition coefficient (Wildman–Crippen LogP) is 3.56. The maximum atomic E-state index is 3.70. The minimum absolute atomic E-state index is 0.693. The fourth-order valence-corrected chi connectivity index (χ4v) is 2.96. The van der Waals surface area contributed by atoms with Crippen molar-refractivity contribution in [2.75, 3.05) is 20.1 Å². The average molecular weight is 274 g/mol. The summed E-state index contributed by atoms with van der Waals surface area (Å²) < 4.78 is 0. The Hall–Kier alpha value is -0.860. The lowest BCUT2D eigenvalue weighted by atomic mass is 9.75. The Kier molecular flexibility index (Phi) is 5.62. The van der Waals surface area contributed by atoms with Crippen molar-refractivity contribution in [2.24, 2.45) is 0 Å². The molecule has 0 spiro atoms. The van der Waals surface area contributed by atoms with Crippen LogP contribution in [-0.2, 0) is 0 Å². The number of nitrogens with zero attached hydrogens (tertiary/aromatic N) is 1. The first-order valence-electron chi connectivity index (χ1n) is 8.10. The number of hydrogen-bond acceptors (Lipinski definition) is 2. The fourth-order valence-electron chi connectivity index (χ4n) is 2.96. The molecule has 1 aromatic carbocycles. The second-order valence-corrected chi connectivity index (χ2v) is 6.47. The van der Waals surface area contributed by atoms with E-state index < -0.39 is 0 Å². The smallest absolute Gasteiger partial charge is 0.0107 e. The summed E-state index contributed by atoms with van der Waals surface area (Å²) in [7, 11) is 2.23. The lowest BCUT2D eigenvalue weighted by Gasteiger charge is -2.37. The number of benzene rings is 1. The Bertz CT molecular complexity index is 410. The third-order valence-electron chi connectivity index (χ3n) is 4.89. The van der Waals surface area contributed by atoms with E-state index in [1.165, 1.54) is 30.4 Å². The highest BCUT2D eigenvalue weighted by molar-refractivity contribution is 5.27. The fraction of sp³-hybridized carbons (Fsp3) is 0.667. The van der Waals surface area contributed by atoms with E-state index in [0.29, 0.717) is 6.04 Å². The maximum Gasteiger partial charge on any atom is 0.0107 e. The van der Waals surface area contributed by atoms with Crippen molar-refractivity contribution in [1.29, 1.82) is 0 Å². The van der Waals surface area contributed by atoms with E-state index in [-0.39, 0.29) is 0 Å². The molecule has 112 valence electrons. The van der Waals surface area contributed by atoms with Gasteiger partial charge in [-0.3, -0.25) is 0 Å². The molecule has 0 aromatic heterocycles. The van der Waals surface area contributed by atoms with Crippen molar-refractivity contribution in [2.45, 2.75) is 58.0 Å². The third-order valence-corrected chi connectivity index (χ3v) is 4.89. The molecule has 0 saturated heterocycles. The van der Waals surface area contributed by atoms with Gasteiger partial charge >= 0.3 is 0 Å². The highest BCUT2D eigenvalue weighted by Crippen LogP contribution is 2.36. The van der Waals surface area contributed by atoms with Gasteiger partial charge in [-0.1, -0.05) is 36.8 Å². The maximum absolute atomic E-state index is 3.70. The summed E-state index contributed by atoms with van der Waals surface area (Å²) in [6.45, 7) is 9.01. The van der Waals surface area contributed by atoms with Crippen LogP contribution >= 0.6 is 0 Å². The Balaban J connectivity index is 1.65. The standard InChI is InChI=1S/C18H30N2/c1-5-15(3)20(4)10-9-19-18-12-17(13-18)16-8-6-7-14(2)11-16/h6-8,11,15,17-19H,5,9-10,12-13H2,1-4H3. The summed E-state index contributed by atoms with van der Waals surface area (Å²) in [5.41, 5.74) is 2.91. The van der Waals surface area contributed by atoms with Crippen LogP contribution in [0.25, 0.3) is 0 Å². The number of likely N-dealkylation sites (N-methyl/N-ethyl adjacent to an activating group) is 1.